The van der Waals surface area contributed by atoms with Gasteiger partial charge in [0.1, 0.15) is 5.82 Å². The van der Waals surface area contributed by atoms with Gasteiger partial charge in [-0.1, -0.05) is 35.5 Å². The van der Waals surface area contributed by atoms with Gasteiger partial charge in [0.15, 0.2) is 11.0 Å². The Kier molecular flexibility index (Phi) is 5.97. The van der Waals surface area contributed by atoms with E-state index in [0.717, 1.165) is 22.4 Å². The van der Waals surface area contributed by atoms with Crippen LogP contribution in [0, 0.1) is 19.7 Å². The molecular weight excluding hydrogens is 359 g/mol. The second-order valence-corrected chi connectivity index (χ2v) is 7.95. The first-order chi connectivity index (χ1) is 12.9. The molecule has 0 N–H and O–H groups in total. The molecule has 3 rings (SSSR count). The molecule has 0 amide bonds. The zero-order chi connectivity index (χ0) is 19.6. The second-order valence-electron chi connectivity index (χ2n) is 7.01. The first-order valence-electron chi connectivity index (χ1n) is 8.93. The van der Waals surface area contributed by atoms with Gasteiger partial charge >= 0.3 is 0 Å². The van der Waals surface area contributed by atoms with Crippen LogP contribution in [0.5, 0.6) is 0 Å². The van der Waals surface area contributed by atoms with Crippen LogP contribution in [0.3, 0.4) is 0 Å². The number of rotatable bonds is 6. The maximum atomic E-state index is 13.4. The average molecular weight is 385 g/mol. The van der Waals surface area contributed by atoms with E-state index in [0.29, 0.717) is 0 Å². The Balaban J connectivity index is 1.97. The van der Waals surface area contributed by atoms with Crippen LogP contribution in [0.2, 0.25) is 0 Å². The lowest BCUT2D eigenvalue weighted by Crippen LogP contribution is -2.20. The third-order valence-electron chi connectivity index (χ3n) is 4.75. The summed E-state index contributed by atoms with van der Waals surface area (Å²) in [6.07, 6.45) is 0. The normalized spacial score (nSPS) is 12.6. The number of thioether (sulfide) groups is 1. The SMILES string of the molecule is Cc1ccc(C)c(CSc2nnc(C(C)N(C)C)n2-c2ccc(F)cc2)c1. The lowest BCUT2D eigenvalue weighted by atomic mass is 10.1. The van der Waals surface area contributed by atoms with Crippen LogP contribution in [-0.2, 0) is 5.75 Å². The maximum Gasteiger partial charge on any atom is 0.196 e. The zero-order valence-electron chi connectivity index (χ0n) is 16.4. The van der Waals surface area contributed by atoms with Gasteiger partial charge in [-0.3, -0.25) is 9.47 Å². The molecule has 4 nitrogen and oxygen atoms in total. The molecule has 27 heavy (non-hydrogen) atoms. The Labute approximate surface area is 164 Å². The summed E-state index contributed by atoms with van der Waals surface area (Å²) in [5.41, 5.74) is 4.67. The molecule has 0 aliphatic heterocycles. The standard InChI is InChI=1S/C21H25FN4S/c1-14-6-7-15(2)17(12-14)13-27-21-24-23-20(16(3)25(4)5)26(21)19-10-8-18(22)9-11-19/h6-12,16H,13H2,1-5H3. The number of hydrogen-bond donors (Lipinski definition) is 0. The molecule has 142 valence electrons. The molecule has 0 bridgehead atoms. The number of aromatic nitrogens is 3. The largest absolute Gasteiger partial charge is 0.300 e. The number of nitrogens with zero attached hydrogens (tertiary/aromatic N) is 4. The Morgan fingerprint density at radius 3 is 2.44 bits per heavy atom. The van der Waals surface area contributed by atoms with Crippen LogP contribution in [0.1, 0.15) is 35.5 Å². The van der Waals surface area contributed by atoms with Crippen molar-refractivity contribution in [3.8, 4) is 5.69 Å². The molecule has 0 saturated carbocycles. The lowest BCUT2D eigenvalue weighted by Gasteiger charge is -2.20. The average Bonchev–Trinajstić information content (AvgIpc) is 3.06. The Morgan fingerprint density at radius 2 is 1.78 bits per heavy atom. The van der Waals surface area contributed by atoms with Crippen molar-refractivity contribution in [2.75, 3.05) is 14.1 Å². The molecule has 3 aromatic rings. The molecule has 1 heterocycles. The topological polar surface area (TPSA) is 34.0 Å². The molecule has 0 aliphatic carbocycles. The molecule has 2 aromatic carbocycles. The van der Waals surface area contributed by atoms with Gasteiger partial charge in [0, 0.05) is 11.4 Å². The molecule has 0 spiro atoms. The van der Waals surface area contributed by atoms with Gasteiger partial charge in [-0.2, -0.15) is 0 Å². The number of aryl methyl sites for hydroxylation is 2. The van der Waals surface area contributed by atoms with E-state index < -0.39 is 0 Å². The van der Waals surface area contributed by atoms with Crippen molar-refractivity contribution >= 4 is 11.8 Å². The van der Waals surface area contributed by atoms with Crippen molar-refractivity contribution in [3.63, 3.8) is 0 Å². The summed E-state index contributed by atoms with van der Waals surface area (Å²) in [6.45, 7) is 6.31. The van der Waals surface area contributed by atoms with Gasteiger partial charge in [0.25, 0.3) is 0 Å². The predicted octanol–water partition coefficient (Wildman–Crippen LogP) is 4.94. The van der Waals surface area contributed by atoms with E-state index in [4.69, 9.17) is 0 Å². The summed E-state index contributed by atoms with van der Waals surface area (Å²) in [5, 5.41) is 9.70. The van der Waals surface area contributed by atoms with Crippen molar-refractivity contribution in [3.05, 3.63) is 70.8 Å². The van der Waals surface area contributed by atoms with Gasteiger partial charge in [0.2, 0.25) is 0 Å². The number of benzene rings is 2. The van der Waals surface area contributed by atoms with E-state index >= 15 is 0 Å². The van der Waals surface area contributed by atoms with E-state index in [9.17, 15) is 4.39 Å². The van der Waals surface area contributed by atoms with E-state index in [1.165, 1.54) is 28.8 Å². The molecule has 1 atom stereocenters. The van der Waals surface area contributed by atoms with Crippen molar-refractivity contribution in [2.45, 2.75) is 37.7 Å². The quantitative estimate of drug-likeness (QED) is 0.564. The van der Waals surface area contributed by atoms with Gasteiger partial charge in [-0.15, -0.1) is 10.2 Å². The third kappa shape index (κ3) is 4.39. The molecule has 1 unspecified atom stereocenters. The van der Waals surface area contributed by atoms with Gasteiger partial charge in [-0.25, -0.2) is 4.39 Å². The van der Waals surface area contributed by atoms with E-state index in [1.807, 2.05) is 18.7 Å². The molecule has 0 saturated heterocycles. The third-order valence-corrected chi connectivity index (χ3v) is 5.73. The van der Waals surface area contributed by atoms with Crippen LogP contribution < -0.4 is 0 Å². The molecule has 0 aliphatic rings. The smallest absolute Gasteiger partial charge is 0.196 e. The Morgan fingerprint density at radius 1 is 1.07 bits per heavy atom. The fourth-order valence-corrected chi connectivity index (χ4v) is 3.83. The number of halogens is 1. The van der Waals surface area contributed by atoms with Crippen LogP contribution in [0.15, 0.2) is 47.6 Å². The summed E-state index contributed by atoms with van der Waals surface area (Å²) in [6, 6.07) is 13.1. The van der Waals surface area contributed by atoms with Gasteiger partial charge in [-0.05, 0) is 70.3 Å². The fraction of sp³-hybridized carbons (Fsp3) is 0.333. The molecule has 6 heteroatoms. The first-order valence-corrected chi connectivity index (χ1v) is 9.92. The highest BCUT2D eigenvalue weighted by Crippen LogP contribution is 2.29. The zero-order valence-corrected chi connectivity index (χ0v) is 17.2. The molecular formula is C21H25FN4S. The van der Waals surface area contributed by atoms with Crippen molar-refractivity contribution in [2.24, 2.45) is 0 Å². The van der Waals surface area contributed by atoms with Crippen LogP contribution in [-0.4, -0.2) is 33.8 Å². The minimum absolute atomic E-state index is 0.0811. The molecule has 0 radical (unpaired) electrons. The van der Waals surface area contributed by atoms with Crippen molar-refractivity contribution in [1.29, 1.82) is 0 Å². The highest BCUT2D eigenvalue weighted by molar-refractivity contribution is 7.98. The summed E-state index contributed by atoms with van der Waals surface area (Å²) >= 11 is 1.65. The highest BCUT2D eigenvalue weighted by atomic mass is 32.2. The highest BCUT2D eigenvalue weighted by Gasteiger charge is 2.21. The predicted molar refractivity (Wildman–Crippen MR) is 109 cm³/mol. The fourth-order valence-electron chi connectivity index (χ4n) is 2.81. The number of hydrogen-bond acceptors (Lipinski definition) is 4. The van der Waals surface area contributed by atoms with Gasteiger partial charge < -0.3 is 0 Å². The Bertz CT molecular complexity index is 918. The van der Waals surface area contributed by atoms with E-state index in [1.54, 1.807) is 23.9 Å². The molecule has 0 fully saturated rings. The van der Waals surface area contributed by atoms with E-state index in [2.05, 4.69) is 54.1 Å². The minimum Gasteiger partial charge on any atom is -0.300 e. The first kappa shape index (κ1) is 19.6. The Hall–Kier alpha value is -2.18. The van der Waals surface area contributed by atoms with Crippen LogP contribution >= 0.6 is 11.8 Å². The van der Waals surface area contributed by atoms with Crippen molar-refractivity contribution in [1.82, 2.24) is 19.7 Å². The summed E-state index contributed by atoms with van der Waals surface area (Å²) in [4.78, 5) is 2.09. The van der Waals surface area contributed by atoms with Crippen LogP contribution in [0.4, 0.5) is 4.39 Å². The lowest BCUT2D eigenvalue weighted by molar-refractivity contribution is 0.305. The second kappa shape index (κ2) is 8.23. The maximum absolute atomic E-state index is 13.4. The summed E-state index contributed by atoms with van der Waals surface area (Å²) < 4.78 is 15.4. The van der Waals surface area contributed by atoms with Gasteiger partial charge in [0.05, 0.1) is 6.04 Å². The summed E-state index contributed by atoms with van der Waals surface area (Å²) in [5.74, 6) is 1.40. The van der Waals surface area contributed by atoms with Crippen molar-refractivity contribution < 1.29 is 4.39 Å². The monoisotopic (exact) mass is 384 g/mol. The summed E-state index contributed by atoms with van der Waals surface area (Å²) in [7, 11) is 4.02. The van der Waals surface area contributed by atoms with E-state index in [-0.39, 0.29) is 11.9 Å². The van der Waals surface area contributed by atoms with Crippen LogP contribution in [0.25, 0.3) is 5.69 Å². The molecule has 1 aromatic heterocycles. The minimum atomic E-state index is -0.251.